The standard InChI is InChI=1S/C31H21Cl2N2O/c1-18-12-13-20(22-7-3-2-6-21(18)22)17-35-27-11-4-8-24(31(34)36)30(27)23-15-14-19(16-28(23)35)29-25(32)9-5-10-26(29)33/h2-14,16H,17H2,1H3,(H2,34,36). The molecule has 2 N–H and O–H groups in total. The van der Waals surface area contributed by atoms with Crippen LogP contribution in [0, 0.1) is 13.0 Å². The predicted octanol–water partition coefficient (Wildman–Crippen LogP) is 8.18. The number of aromatic nitrogens is 1. The molecule has 0 aliphatic heterocycles. The first-order chi connectivity index (χ1) is 17.4. The van der Waals surface area contributed by atoms with Gasteiger partial charge in [0, 0.05) is 38.5 Å². The van der Waals surface area contributed by atoms with Crippen molar-refractivity contribution in [2.24, 2.45) is 5.73 Å². The number of aryl methyl sites for hydroxylation is 1. The van der Waals surface area contributed by atoms with Gasteiger partial charge in [0.15, 0.2) is 0 Å². The van der Waals surface area contributed by atoms with Gasteiger partial charge in [-0.1, -0.05) is 71.7 Å². The number of halogens is 2. The van der Waals surface area contributed by atoms with Crippen LogP contribution >= 0.6 is 23.2 Å². The maximum Gasteiger partial charge on any atom is 0.249 e. The average Bonchev–Trinajstić information content (AvgIpc) is 3.18. The molecule has 5 heteroatoms. The Bertz CT molecular complexity index is 1810. The molecule has 0 bridgehead atoms. The number of rotatable bonds is 4. The van der Waals surface area contributed by atoms with Crippen molar-refractivity contribution in [2.45, 2.75) is 13.5 Å². The highest BCUT2D eigenvalue weighted by Crippen LogP contribution is 2.39. The van der Waals surface area contributed by atoms with E-state index in [0.29, 0.717) is 22.2 Å². The SMILES string of the molecule is Cc1ccc(Cn2c3cc(-c4c(Cl)cccc4Cl)c[c]c3c3c(C(N)=O)cccc32)c2ccccc12. The highest BCUT2D eigenvalue weighted by atomic mass is 35.5. The third-order valence-electron chi connectivity index (χ3n) is 6.87. The second-order valence-electron chi connectivity index (χ2n) is 8.98. The molecule has 1 aromatic heterocycles. The minimum Gasteiger partial charge on any atom is -0.366 e. The quantitative estimate of drug-likeness (QED) is 0.257. The lowest BCUT2D eigenvalue weighted by atomic mass is 10.00. The van der Waals surface area contributed by atoms with Gasteiger partial charge >= 0.3 is 0 Å². The summed E-state index contributed by atoms with van der Waals surface area (Å²) in [5.74, 6) is -0.466. The molecular weight excluding hydrogens is 487 g/mol. The van der Waals surface area contributed by atoms with Crippen molar-refractivity contribution in [2.75, 3.05) is 0 Å². The number of primary amides is 1. The monoisotopic (exact) mass is 507 g/mol. The topological polar surface area (TPSA) is 48.0 Å². The van der Waals surface area contributed by atoms with Crippen LogP contribution in [0.1, 0.15) is 21.5 Å². The van der Waals surface area contributed by atoms with Crippen LogP contribution in [0.3, 0.4) is 0 Å². The van der Waals surface area contributed by atoms with E-state index in [1.54, 1.807) is 6.07 Å². The molecule has 1 heterocycles. The third kappa shape index (κ3) is 3.55. The Morgan fingerprint density at radius 2 is 1.61 bits per heavy atom. The number of carbonyl (C=O) groups is 1. The van der Waals surface area contributed by atoms with Crippen LogP contribution in [0.5, 0.6) is 0 Å². The molecule has 3 nitrogen and oxygen atoms in total. The Hall–Kier alpha value is -3.79. The number of fused-ring (bicyclic) bond motifs is 4. The molecule has 175 valence electrons. The lowest BCUT2D eigenvalue weighted by Gasteiger charge is -2.13. The molecule has 0 atom stereocenters. The van der Waals surface area contributed by atoms with E-state index in [2.05, 4.69) is 60.0 Å². The van der Waals surface area contributed by atoms with Crippen LogP contribution in [0.25, 0.3) is 43.7 Å². The van der Waals surface area contributed by atoms with Crippen LogP contribution in [-0.4, -0.2) is 10.5 Å². The molecule has 5 aromatic carbocycles. The Kier molecular flexibility index (Phi) is 5.48. The van der Waals surface area contributed by atoms with Gasteiger partial charge in [-0.05, 0) is 76.9 Å². The van der Waals surface area contributed by atoms with E-state index in [-0.39, 0.29) is 0 Å². The van der Waals surface area contributed by atoms with Crippen LogP contribution < -0.4 is 5.73 Å². The second-order valence-corrected chi connectivity index (χ2v) is 9.80. The first kappa shape index (κ1) is 22.7. The smallest absolute Gasteiger partial charge is 0.249 e. The number of amides is 1. The Labute approximate surface area is 218 Å². The normalized spacial score (nSPS) is 11.5. The zero-order valence-corrected chi connectivity index (χ0v) is 21.0. The van der Waals surface area contributed by atoms with E-state index >= 15 is 0 Å². The third-order valence-corrected chi connectivity index (χ3v) is 7.50. The van der Waals surface area contributed by atoms with E-state index in [4.69, 9.17) is 28.9 Å². The molecule has 0 fully saturated rings. The van der Waals surface area contributed by atoms with Crippen molar-refractivity contribution < 1.29 is 4.79 Å². The second kappa shape index (κ2) is 8.70. The molecule has 0 unspecified atom stereocenters. The van der Waals surface area contributed by atoms with E-state index in [1.165, 1.54) is 21.9 Å². The maximum absolute atomic E-state index is 12.4. The molecule has 0 spiro atoms. The van der Waals surface area contributed by atoms with Crippen molar-refractivity contribution in [3.63, 3.8) is 0 Å². The predicted molar refractivity (Wildman–Crippen MR) is 150 cm³/mol. The summed E-state index contributed by atoms with van der Waals surface area (Å²) in [5, 5.41) is 5.20. The number of nitrogens with two attached hydrogens (primary N) is 1. The van der Waals surface area contributed by atoms with Crippen molar-refractivity contribution in [1.29, 1.82) is 0 Å². The van der Waals surface area contributed by atoms with Crippen molar-refractivity contribution in [3.05, 3.63) is 118 Å². The highest BCUT2D eigenvalue weighted by molar-refractivity contribution is 6.39. The molecule has 6 rings (SSSR count). The molecule has 1 radical (unpaired) electrons. The zero-order valence-electron chi connectivity index (χ0n) is 19.5. The number of hydrogen-bond donors (Lipinski definition) is 1. The van der Waals surface area contributed by atoms with E-state index in [0.717, 1.165) is 32.9 Å². The summed E-state index contributed by atoms with van der Waals surface area (Å²) >= 11 is 13.1. The van der Waals surface area contributed by atoms with Gasteiger partial charge in [-0.3, -0.25) is 4.79 Å². The van der Waals surface area contributed by atoms with Gasteiger partial charge in [-0.15, -0.1) is 0 Å². The largest absolute Gasteiger partial charge is 0.366 e. The van der Waals surface area contributed by atoms with E-state index < -0.39 is 5.91 Å². The van der Waals surface area contributed by atoms with Gasteiger partial charge in [-0.25, -0.2) is 0 Å². The molecule has 0 saturated heterocycles. The van der Waals surface area contributed by atoms with Gasteiger partial charge in [0.2, 0.25) is 5.91 Å². The zero-order chi connectivity index (χ0) is 25.0. The van der Waals surface area contributed by atoms with Crippen LogP contribution in [-0.2, 0) is 6.54 Å². The van der Waals surface area contributed by atoms with Gasteiger partial charge in [-0.2, -0.15) is 0 Å². The fraction of sp³-hybridized carbons (Fsp3) is 0.0645. The summed E-state index contributed by atoms with van der Waals surface area (Å²) in [5.41, 5.74) is 12.1. The van der Waals surface area contributed by atoms with E-state index in [9.17, 15) is 4.79 Å². The fourth-order valence-corrected chi connectivity index (χ4v) is 5.79. The summed E-state index contributed by atoms with van der Waals surface area (Å²) in [6.07, 6.45) is 0. The van der Waals surface area contributed by atoms with Gasteiger partial charge in [0.05, 0.1) is 11.0 Å². The fourth-order valence-electron chi connectivity index (χ4n) is 5.17. The minimum atomic E-state index is -0.466. The summed E-state index contributed by atoms with van der Waals surface area (Å²) in [7, 11) is 0. The van der Waals surface area contributed by atoms with Crippen molar-refractivity contribution in [1.82, 2.24) is 4.57 Å². The first-order valence-corrected chi connectivity index (χ1v) is 12.4. The first-order valence-electron chi connectivity index (χ1n) is 11.6. The molecule has 0 aliphatic carbocycles. The molecule has 1 amide bonds. The number of carbonyl (C=O) groups excluding carboxylic acids is 1. The Balaban J connectivity index is 1.67. The van der Waals surface area contributed by atoms with Crippen molar-refractivity contribution in [3.8, 4) is 11.1 Å². The minimum absolute atomic E-state index is 0.466. The molecule has 36 heavy (non-hydrogen) atoms. The van der Waals surface area contributed by atoms with Gasteiger partial charge in [0.25, 0.3) is 0 Å². The van der Waals surface area contributed by atoms with E-state index in [1.807, 2.05) is 36.4 Å². The molecule has 6 aromatic rings. The number of hydrogen-bond acceptors (Lipinski definition) is 1. The summed E-state index contributed by atoms with van der Waals surface area (Å²) in [6.45, 7) is 2.73. The summed E-state index contributed by atoms with van der Waals surface area (Å²) in [6, 6.07) is 31.3. The Morgan fingerprint density at radius 1 is 0.889 bits per heavy atom. The Morgan fingerprint density at radius 3 is 2.36 bits per heavy atom. The maximum atomic E-state index is 12.4. The molecule has 0 saturated carbocycles. The van der Waals surface area contributed by atoms with Crippen LogP contribution in [0.4, 0.5) is 0 Å². The lowest BCUT2D eigenvalue weighted by Crippen LogP contribution is -2.11. The summed E-state index contributed by atoms with van der Waals surface area (Å²) in [4.78, 5) is 12.4. The van der Waals surface area contributed by atoms with Gasteiger partial charge < -0.3 is 10.3 Å². The van der Waals surface area contributed by atoms with Gasteiger partial charge in [0.1, 0.15) is 0 Å². The van der Waals surface area contributed by atoms with Crippen molar-refractivity contribution >= 4 is 61.7 Å². The average molecular weight is 508 g/mol. The van der Waals surface area contributed by atoms with Crippen LogP contribution in [0.2, 0.25) is 10.0 Å². The summed E-state index contributed by atoms with van der Waals surface area (Å²) < 4.78 is 2.22. The number of nitrogens with zero attached hydrogens (tertiary/aromatic N) is 1. The highest BCUT2D eigenvalue weighted by Gasteiger charge is 2.19. The molecular formula is C31H21Cl2N2O. The van der Waals surface area contributed by atoms with Crippen LogP contribution in [0.15, 0.2) is 84.9 Å². The lowest BCUT2D eigenvalue weighted by molar-refractivity contribution is 0.100. The molecule has 0 aliphatic rings. The number of benzene rings is 5.